The lowest BCUT2D eigenvalue weighted by Gasteiger charge is -2.21. The maximum absolute atomic E-state index is 13.4. The van der Waals surface area contributed by atoms with Crippen LogP contribution in [0.2, 0.25) is 0 Å². The van der Waals surface area contributed by atoms with Crippen molar-refractivity contribution in [2.24, 2.45) is 0 Å². The summed E-state index contributed by atoms with van der Waals surface area (Å²) in [4.78, 5) is 25.6. The van der Waals surface area contributed by atoms with E-state index in [0.717, 1.165) is 23.2 Å². The molecule has 0 saturated carbocycles. The Labute approximate surface area is 147 Å². The topological polar surface area (TPSA) is 49.4 Å². The number of nitrogens with zero attached hydrogens (tertiary/aromatic N) is 1. The molecule has 0 aromatic heterocycles. The van der Waals surface area contributed by atoms with Crippen molar-refractivity contribution in [2.45, 2.75) is 33.6 Å². The molecule has 0 fully saturated rings. The van der Waals surface area contributed by atoms with E-state index in [2.05, 4.69) is 5.32 Å². The van der Waals surface area contributed by atoms with Gasteiger partial charge >= 0.3 is 0 Å². The van der Waals surface area contributed by atoms with Crippen LogP contribution < -0.4 is 10.2 Å². The quantitative estimate of drug-likeness (QED) is 0.860. The molecule has 0 aliphatic carbocycles. The number of carbonyl (C=O) groups excluding carboxylic acids is 2. The Hall–Kier alpha value is -2.69. The summed E-state index contributed by atoms with van der Waals surface area (Å²) in [6, 6.07) is 11.7. The molecule has 0 heterocycles. The Bertz CT molecular complexity index is 774. The zero-order chi connectivity index (χ0) is 18.4. The van der Waals surface area contributed by atoms with Gasteiger partial charge in [-0.3, -0.25) is 9.59 Å². The predicted molar refractivity (Wildman–Crippen MR) is 98.2 cm³/mol. The zero-order valence-corrected chi connectivity index (χ0v) is 14.8. The Morgan fingerprint density at radius 1 is 1.16 bits per heavy atom. The minimum absolute atomic E-state index is 0.133. The van der Waals surface area contributed by atoms with Crippen LogP contribution in [0.1, 0.15) is 31.4 Å². The van der Waals surface area contributed by atoms with Gasteiger partial charge in [-0.25, -0.2) is 4.39 Å². The molecule has 0 aliphatic heterocycles. The summed E-state index contributed by atoms with van der Waals surface area (Å²) in [6.45, 7) is 5.58. The van der Waals surface area contributed by atoms with Crippen LogP contribution in [0, 0.1) is 12.7 Å². The van der Waals surface area contributed by atoms with Gasteiger partial charge in [0.05, 0.1) is 0 Å². The van der Waals surface area contributed by atoms with E-state index in [0.29, 0.717) is 5.69 Å². The zero-order valence-electron chi connectivity index (χ0n) is 14.8. The SMILES string of the molecule is CCc1cccc(C)c1NC(=O)CCN(C(C)=O)c1cccc(F)c1. The molecule has 132 valence electrons. The van der Waals surface area contributed by atoms with E-state index >= 15 is 0 Å². The van der Waals surface area contributed by atoms with Gasteiger partial charge in [0.1, 0.15) is 5.82 Å². The second-order valence-corrected chi connectivity index (χ2v) is 5.91. The van der Waals surface area contributed by atoms with Crippen molar-refractivity contribution in [3.05, 3.63) is 59.4 Å². The summed E-state index contributed by atoms with van der Waals surface area (Å²) in [6.07, 6.45) is 0.952. The number of nitrogens with one attached hydrogen (secondary N) is 1. The maximum Gasteiger partial charge on any atom is 0.226 e. The average molecular weight is 342 g/mol. The van der Waals surface area contributed by atoms with Crippen molar-refractivity contribution < 1.29 is 14.0 Å². The Morgan fingerprint density at radius 3 is 2.52 bits per heavy atom. The summed E-state index contributed by atoms with van der Waals surface area (Å²) in [5.74, 6) is -0.823. The molecule has 2 aromatic carbocycles. The third-order valence-electron chi connectivity index (χ3n) is 4.07. The summed E-state index contributed by atoms with van der Waals surface area (Å²) in [7, 11) is 0. The normalized spacial score (nSPS) is 10.4. The van der Waals surface area contributed by atoms with E-state index in [1.807, 2.05) is 32.0 Å². The standard InChI is InChI=1S/C20H23FN2O2/c1-4-16-8-5-7-14(2)20(16)22-19(25)11-12-23(15(3)24)18-10-6-9-17(21)13-18/h5-10,13H,4,11-12H2,1-3H3,(H,22,25). The number of carbonyl (C=O) groups is 2. The molecule has 2 amide bonds. The number of rotatable bonds is 6. The van der Waals surface area contributed by atoms with Gasteiger partial charge in [-0.05, 0) is 42.7 Å². The van der Waals surface area contributed by atoms with Crippen LogP contribution in [-0.4, -0.2) is 18.4 Å². The molecular formula is C20H23FN2O2. The van der Waals surface area contributed by atoms with E-state index in [9.17, 15) is 14.0 Å². The Balaban J connectivity index is 2.06. The highest BCUT2D eigenvalue weighted by Gasteiger charge is 2.15. The minimum Gasteiger partial charge on any atom is -0.326 e. The molecule has 0 radical (unpaired) electrons. The van der Waals surface area contributed by atoms with Crippen molar-refractivity contribution in [3.8, 4) is 0 Å². The van der Waals surface area contributed by atoms with Crippen LogP contribution in [0.3, 0.4) is 0 Å². The highest BCUT2D eigenvalue weighted by molar-refractivity contribution is 5.95. The fourth-order valence-corrected chi connectivity index (χ4v) is 2.73. The lowest BCUT2D eigenvalue weighted by atomic mass is 10.1. The fourth-order valence-electron chi connectivity index (χ4n) is 2.73. The van der Waals surface area contributed by atoms with Crippen molar-refractivity contribution in [1.29, 1.82) is 0 Å². The van der Waals surface area contributed by atoms with E-state index in [-0.39, 0.29) is 24.8 Å². The second kappa shape index (κ2) is 8.42. The summed E-state index contributed by atoms with van der Waals surface area (Å²) in [5, 5.41) is 2.94. The van der Waals surface area contributed by atoms with E-state index in [4.69, 9.17) is 0 Å². The van der Waals surface area contributed by atoms with Gasteiger partial charge in [0.15, 0.2) is 0 Å². The molecule has 5 heteroatoms. The van der Waals surface area contributed by atoms with Crippen LogP contribution >= 0.6 is 0 Å². The van der Waals surface area contributed by atoms with Crippen molar-refractivity contribution in [2.75, 3.05) is 16.8 Å². The fraction of sp³-hybridized carbons (Fsp3) is 0.300. The lowest BCUT2D eigenvalue weighted by molar-refractivity contribution is -0.117. The van der Waals surface area contributed by atoms with Gasteiger partial charge in [-0.15, -0.1) is 0 Å². The third kappa shape index (κ3) is 4.89. The van der Waals surface area contributed by atoms with E-state index < -0.39 is 5.82 Å². The number of benzene rings is 2. The van der Waals surface area contributed by atoms with Crippen LogP contribution in [0.25, 0.3) is 0 Å². The molecular weight excluding hydrogens is 319 g/mol. The summed E-state index contributed by atoms with van der Waals surface area (Å²) < 4.78 is 13.4. The number of aryl methyl sites for hydroxylation is 2. The van der Waals surface area contributed by atoms with Crippen molar-refractivity contribution in [1.82, 2.24) is 0 Å². The Morgan fingerprint density at radius 2 is 1.88 bits per heavy atom. The lowest BCUT2D eigenvalue weighted by Crippen LogP contribution is -2.32. The number of hydrogen-bond acceptors (Lipinski definition) is 2. The highest BCUT2D eigenvalue weighted by atomic mass is 19.1. The molecule has 1 N–H and O–H groups in total. The molecule has 2 aromatic rings. The molecule has 0 aliphatic rings. The molecule has 0 saturated heterocycles. The third-order valence-corrected chi connectivity index (χ3v) is 4.07. The average Bonchev–Trinajstić information content (AvgIpc) is 2.56. The van der Waals surface area contributed by atoms with Gasteiger partial charge in [0.2, 0.25) is 11.8 Å². The second-order valence-electron chi connectivity index (χ2n) is 5.91. The van der Waals surface area contributed by atoms with Gasteiger partial charge in [-0.1, -0.05) is 31.2 Å². The van der Waals surface area contributed by atoms with Crippen molar-refractivity contribution in [3.63, 3.8) is 0 Å². The first kappa shape index (κ1) is 18.6. The Kier molecular flexibility index (Phi) is 6.28. The van der Waals surface area contributed by atoms with Crippen LogP contribution in [-0.2, 0) is 16.0 Å². The molecule has 25 heavy (non-hydrogen) atoms. The first-order valence-corrected chi connectivity index (χ1v) is 8.34. The predicted octanol–water partition coefficient (Wildman–Crippen LogP) is 4.08. The minimum atomic E-state index is -0.416. The van der Waals surface area contributed by atoms with Crippen LogP contribution in [0.5, 0.6) is 0 Å². The number of hydrogen-bond donors (Lipinski definition) is 1. The maximum atomic E-state index is 13.4. The van der Waals surface area contributed by atoms with Crippen LogP contribution in [0.15, 0.2) is 42.5 Å². The number of halogens is 1. The van der Waals surface area contributed by atoms with Gasteiger partial charge in [-0.2, -0.15) is 0 Å². The van der Waals surface area contributed by atoms with Gasteiger partial charge in [0.25, 0.3) is 0 Å². The highest BCUT2D eigenvalue weighted by Crippen LogP contribution is 2.21. The number of amides is 2. The molecule has 2 rings (SSSR count). The number of para-hydroxylation sites is 1. The largest absolute Gasteiger partial charge is 0.326 e. The first-order valence-electron chi connectivity index (χ1n) is 8.34. The van der Waals surface area contributed by atoms with Crippen LogP contribution in [0.4, 0.5) is 15.8 Å². The molecule has 0 bridgehead atoms. The van der Waals surface area contributed by atoms with E-state index in [1.165, 1.54) is 24.0 Å². The first-order chi connectivity index (χ1) is 11.9. The van der Waals surface area contributed by atoms with Gasteiger partial charge < -0.3 is 10.2 Å². The molecule has 0 spiro atoms. The number of anilines is 2. The van der Waals surface area contributed by atoms with E-state index in [1.54, 1.807) is 12.1 Å². The monoisotopic (exact) mass is 342 g/mol. The smallest absolute Gasteiger partial charge is 0.226 e. The van der Waals surface area contributed by atoms with Crippen molar-refractivity contribution >= 4 is 23.2 Å². The summed E-state index contributed by atoms with van der Waals surface area (Å²) in [5.41, 5.74) is 3.35. The molecule has 0 unspecified atom stereocenters. The molecule has 4 nitrogen and oxygen atoms in total. The summed E-state index contributed by atoms with van der Waals surface area (Å²) >= 11 is 0. The molecule has 0 atom stereocenters. The van der Waals surface area contributed by atoms with Gasteiger partial charge in [0, 0.05) is 31.3 Å².